The molecule has 5 heteroatoms. The predicted molar refractivity (Wildman–Crippen MR) is 76.6 cm³/mol. The van der Waals surface area contributed by atoms with Crippen molar-refractivity contribution in [2.24, 2.45) is 16.6 Å². The second-order valence-corrected chi connectivity index (χ2v) is 5.68. The summed E-state index contributed by atoms with van der Waals surface area (Å²) in [6.45, 7) is 4.91. The maximum atomic E-state index is 13.6. The smallest absolute Gasteiger partial charge is 0.188 e. The summed E-state index contributed by atoms with van der Waals surface area (Å²) in [4.78, 5) is 4.21. The molecule has 2 rings (SSSR count). The maximum absolute atomic E-state index is 13.6. The molecule has 0 heterocycles. The van der Waals surface area contributed by atoms with E-state index in [2.05, 4.69) is 24.2 Å². The van der Waals surface area contributed by atoms with Gasteiger partial charge >= 0.3 is 0 Å². The van der Waals surface area contributed by atoms with E-state index in [1.807, 2.05) is 0 Å². The fourth-order valence-corrected chi connectivity index (χ4v) is 2.22. The average molecular weight is 281 g/mol. The van der Waals surface area contributed by atoms with E-state index in [0.717, 1.165) is 6.42 Å². The van der Waals surface area contributed by atoms with Crippen LogP contribution in [0, 0.1) is 17.6 Å². The Bertz CT molecular complexity index is 480. The standard InChI is InChI=1S/C15H21F2N3/c1-9(2)6-7-19-15(18)20-13-8-10(13)14-11(16)4-3-5-12(14)17/h3-5,9-10,13H,6-8H2,1-2H3,(H3,18,19,20). The molecule has 0 amide bonds. The molecule has 0 bridgehead atoms. The van der Waals surface area contributed by atoms with Gasteiger partial charge in [0.2, 0.25) is 0 Å². The highest BCUT2D eigenvalue weighted by atomic mass is 19.1. The molecular formula is C15H21F2N3. The second-order valence-electron chi connectivity index (χ2n) is 5.68. The molecule has 110 valence electrons. The van der Waals surface area contributed by atoms with Crippen LogP contribution in [0.2, 0.25) is 0 Å². The van der Waals surface area contributed by atoms with Gasteiger partial charge in [-0.15, -0.1) is 0 Å². The molecule has 3 nitrogen and oxygen atoms in total. The summed E-state index contributed by atoms with van der Waals surface area (Å²) < 4.78 is 27.2. The third kappa shape index (κ3) is 3.68. The SMILES string of the molecule is CC(C)CCN=C(N)NC1CC1c1c(F)cccc1F. The Morgan fingerprint density at radius 3 is 2.65 bits per heavy atom. The highest BCUT2D eigenvalue weighted by Crippen LogP contribution is 2.42. The number of hydrogen-bond acceptors (Lipinski definition) is 1. The number of nitrogens with one attached hydrogen (secondary N) is 1. The zero-order valence-corrected chi connectivity index (χ0v) is 11.9. The van der Waals surface area contributed by atoms with Gasteiger partial charge in [-0.1, -0.05) is 19.9 Å². The zero-order valence-electron chi connectivity index (χ0n) is 11.9. The van der Waals surface area contributed by atoms with E-state index in [1.165, 1.54) is 18.2 Å². The van der Waals surface area contributed by atoms with Crippen molar-refractivity contribution in [1.82, 2.24) is 5.32 Å². The van der Waals surface area contributed by atoms with E-state index in [4.69, 9.17) is 5.73 Å². The van der Waals surface area contributed by atoms with Crippen LogP contribution < -0.4 is 11.1 Å². The van der Waals surface area contributed by atoms with Gasteiger partial charge in [0.15, 0.2) is 5.96 Å². The van der Waals surface area contributed by atoms with Gasteiger partial charge in [0, 0.05) is 24.1 Å². The Morgan fingerprint density at radius 2 is 2.05 bits per heavy atom. The van der Waals surface area contributed by atoms with Crippen LogP contribution in [0.3, 0.4) is 0 Å². The number of benzene rings is 1. The Labute approximate surface area is 118 Å². The highest BCUT2D eigenvalue weighted by Gasteiger charge is 2.42. The number of halogens is 2. The molecule has 0 aliphatic heterocycles. The number of aliphatic imine (C=N–C) groups is 1. The van der Waals surface area contributed by atoms with E-state index in [-0.39, 0.29) is 17.5 Å². The van der Waals surface area contributed by atoms with Crippen LogP contribution in [-0.2, 0) is 0 Å². The van der Waals surface area contributed by atoms with E-state index in [1.54, 1.807) is 0 Å². The quantitative estimate of drug-likeness (QED) is 0.644. The first kappa shape index (κ1) is 14.8. The van der Waals surface area contributed by atoms with Crippen molar-refractivity contribution in [3.05, 3.63) is 35.4 Å². The van der Waals surface area contributed by atoms with Gasteiger partial charge < -0.3 is 11.1 Å². The van der Waals surface area contributed by atoms with Crippen LogP contribution >= 0.6 is 0 Å². The van der Waals surface area contributed by atoms with Gasteiger partial charge in [0.05, 0.1) is 0 Å². The largest absolute Gasteiger partial charge is 0.370 e. The van der Waals surface area contributed by atoms with Gasteiger partial charge in [-0.2, -0.15) is 0 Å². The molecule has 1 aromatic carbocycles. The summed E-state index contributed by atoms with van der Waals surface area (Å²) in [5.74, 6) is -0.207. The van der Waals surface area contributed by atoms with Crippen molar-refractivity contribution in [1.29, 1.82) is 0 Å². The second kappa shape index (κ2) is 6.20. The fourth-order valence-electron chi connectivity index (χ4n) is 2.22. The van der Waals surface area contributed by atoms with Gasteiger partial charge in [0.25, 0.3) is 0 Å². The Balaban J connectivity index is 1.89. The normalized spacial score (nSPS) is 22.1. The van der Waals surface area contributed by atoms with Crippen LogP contribution in [0.15, 0.2) is 23.2 Å². The Hall–Kier alpha value is -1.65. The lowest BCUT2D eigenvalue weighted by atomic mass is 10.1. The van der Waals surface area contributed by atoms with Crippen LogP contribution in [0.5, 0.6) is 0 Å². The van der Waals surface area contributed by atoms with Crippen molar-refractivity contribution >= 4 is 5.96 Å². The minimum absolute atomic E-state index is 0.0239. The van der Waals surface area contributed by atoms with Crippen LogP contribution in [0.25, 0.3) is 0 Å². The van der Waals surface area contributed by atoms with Crippen LogP contribution in [-0.4, -0.2) is 18.5 Å². The summed E-state index contributed by atoms with van der Waals surface area (Å²) in [5, 5.41) is 3.03. The molecule has 20 heavy (non-hydrogen) atoms. The molecule has 0 spiro atoms. The molecule has 1 aliphatic rings. The number of rotatable bonds is 5. The molecule has 1 aliphatic carbocycles. The van der Waals surface area contributed by atoms with Crippen LogP contribution in [0.4, 0.5) is 8.78 Å². The molecule has 2 unspecified atom stereocenters. The first-order chi connectivity index (χ1) is 9.49. The van der Waals surface area contributed by atoms with Crippen molar-refractivity contribution in [2.75, 3.05) is 6.54 Å². The molecule has 0 radical (unpaired) electrons. The van der Waals surface area contributed by atoms with Gasteiger partial charge in [-0.3, -0.25) is 4.99 Å². The third-order valence-electron chi connectivity index (χ3n) is 3.48. The van der Waals surface area contributed by atoms with E-state index >= 15 is 0 Å². The number of nitrogens with two attached hydrogens (primary N) is 1. The van der Waals surface area contributed by atoms with Crippen LogP contribution in [0.1, 0.15) is 38.2 Å². The van der Waals surface area contributed by atoms with E-state index < -0.39 is 11.6 Å². The van der Waals surface area contributed by atoms with Gasteiger partial charge in [-0.25, -0.2) is 8.78 Å². The Kier molecular flexibility index (Phi) is 4.57. The van der Waals surface area contributed by atoms with Crippen molar-refractivity contribution in [3.8, 4) is 0 Å². The maximum Gasteiger partial charge on any atom is 0.188 e. The fraction of sp³-hybridized carbons (Fsp3) is 0.533. The summed E-state index contributed by atoms with van der Waals surface area (Å²) in [5.41, 5.74) is 5.92. The van der Waals surface area contributed by atoms with E-state index in [9.17, 15) is 8.78 Å². The van der Waals surface area contributed by atoms with Crippen molar-refractivity contribution in [3.63, 3.8) is 0 Å². The third-order valence-corrected chi connectivity index (χ3v) is 3.48. The van der Waals surface area contributed by atoms with Gasteiger partial charge in [-0.05, 0) is 30.9 Å². The summed E-state index contributed by atoms with van der Waals surface area (Å²) in [6, 6.07) is 3.92. The molecule has 0 aromatic heterocycles. The number of nitrogens with zero attached hydrogens (tertiary/aromatic N) is 1. The van der Waals surface area contributed by atoms with E-state index in [0.29, 0.717) is 24.8 Å². The summed E-state index contributed by atoms with van der Waals surface area (Å²) in [6.07, 6.45) is 1.65. The molecule has 1 fully saturated rings. The topological polar surface area (TPSA) is 50.4 Å². The minimum Gasteiger partial charge on any atom is -0.370 e. The monoisotopic (exact) mass is 281 g/mol. The summed E-state index contributed by atoms with van der Waals surface area (Å²) >= 11 is 0. The number of guanidine groups is 1. The van der Waals surface area contributed by atoms with Crippen molar-refractivity contribution < 1.29 is 8.78 Å². The summed E-state index contributed by atoms with van der Waals surface area (Å²) in [7, 11) is 0. The first-order valence-electron chi connectivity index (χ1n) is 6.99. The lowest BCUT2D eigenvalue weighted by Gasteiger charge is -2.07. The predicted octanol–water partition coefficient (Wildman–Crippen LogP) is 2.77. The molecule has 2 atom stereocenters. The zero-order chi connectivity index (χ0) is 14.7. The van der Waals surface area contributed by atoms with Crippen molar-refractivity contribution in [2.45, 2.75) is 38.6 Å². The molecule has 3 N–H and O–H groups in total. The lowest BCUT2D eigenvalue weighted by molar-refractivity contribution is 0.553. The molecule has 1 saturated carbocycles. The first-order valence-corrected chi connectivity index (χ1v) is 6.99. The Morgan fingerprint density at radius 1 is 1.40 bits per heavy atom. The molecule has 1 aromatic rings. The number of hydrogen-bond donors (Lipinski definition) is 2. The highest BCUT2D eigenvalue weighted by molar-refractivity contribution is 5.78. The lowest BCUT2D eigenvalue weighted by Crippen LogP contribution is -2.34. The molecule has 0 saturated heterocycles. The minimum atomic E-state index is -0.491. The van der Waals surface area contributed by atoms with Gasteiger partial charge in [0.1, 0.15) is 11.6 Å². The average Bonchev–Trinajstić information content (AvgIpc) is 3.07. The molecular weight excluding hydrogens is 260 g/mol.